The summed E-state index contributed by atoms with van der Waals surface area (Å²) in [6, 6.07) is 4.65. The quantitative estimate of drug-likeness (QED) is 0.824. The molecular weight excluding hydrogens is 266 g/mol. The highest BCUT2D eigenvalue weighted by atomic mass is 19.3. The molecule has 20 heavy (non-hydrogen) atoms. The Bertz CT molecular complexity index is 472. The maximum atomic E-state index is 14.3. The van der Waals surface area contributed by atoms with Gasteiger partial charge in [0.15, 0.2) is 0 Å². The molecule has 3 nitrogen and oxygen atoms in total. The molecule has 1 atom stereocenters. The van der Waals surface area contributed by atoms with E-state index >= 15 is 0 Å². The van der Waals surface area contributed by atoms with E-state index in [-0.39, 0.29) is 17.7 Å². The third-order valence-corrected chi connectivity index (χ3v) is 2.96. The fraction of sp³-hybridized carbons (Fsp3) is 0.533. The summed E-state index contributed by atoms with van der Waals surface area (Å²) in [6.45, 7) is 5.28. The van der Waals surface area contributed by atoms with E-state index < -0.39 is 24.2 Å². The van der Waals surface area contributed by atoms with Crippen molar-refractivity contribution in [3.8, 4) is 5.75 Å². The van der Waals surface area contributed by atoms with Gasteiger partial charge in [0.1, 0.15) is 5.75 Å². The Labute approximate surface area is 117 Å². The van der Waals surface area contributed by atoms with Gasteiger partial charge in [0, 0.05) is 12.8 Å². The van der Waals surface area contributed by atoms with E-state index in [4.69, 9.17) is 9.84 Å². The first-order valence-corrected chi connectivity index (χ1v) is 6.59. The number of aliphatic carboxylic acids is 1. The molecule has 1 aromatic carbocycles. The van der Waals surface area contributed by atoms with Crippen LogP contribution in [0.25, 0.3) is 0 Å². The smallest absolute Gasteiger partial charge is 0.303 e. The molecule has 0 fully saturated rings. The molecule has 1 rings (SSSR count). The van der Waals surface area contributed by atoms with Crippen LogP contribution in [-0.2, 0) is 10.7 Å². The van der Waals surface area contributed by atoms with Gasteiger partial charge in [-0.05, 0) is 31.9 Å². The second-order valence-corrected chi connectivity index (χ2v) is 5.04. The van der Waals surface area contributed by atoms with Crippen molar-refractivity contribution in [1.82, 2.24) is 0 Å². The normalized spacial score (nSPS) is 13.1. The topological polar surface area (TPSA) is 46.5 Å². The van der Waals surface area contributed by atoms with Gasteiger partial charge in [-0.1, -0.05) is 18.6 Å². The second kappa shape index (κ2) is 6.68. The average molecular weight is 286 g/mol. The molecule has 0 aliphatic carbocycles. The predicted molar refractivity (Wildman–Crippen MR) is 72.3 cm³/mol. The monoisotopic (exact) mass is 286 g/mol. The number of benzene rings is 1. The molecule has 0 aliphatic rings. The summed E-state index contributed by atoms with van der Waals surface area (Å²) in [5, 5.41) is 8.66. The Morgan fingerprint density at radius 1 is 1.45 bits per heavy atom. The van der Waals surface area contributed by atoms with Crippen molar-refractivity contribution in [2.45, 2.75) is 39.5 Å². The van der Waals surface area contributed by atoms with Crippen LogP contribution in [0.3, 0.4) is 0 Å². The molecule has 0 heterocycles. The van der Waals surface area contributed by atoms with E-state index in [2.05, 4.69) is 0 Å². The minimum atomic E-state index is -3.11. The highest BCUT2D eigenvalue weighted by Crippen LogP contribution is 2.40. The van der Waals surface area contributed by atoms with E-state index in [1.807, 2.05) is 0 Å². The van der Waals surface area contributed by atoms with E-state index in [9.17, 15) is 13.6 Å². The Balaban J connectivity index is 3.00. The van der Waals surface area contributed by atoms with E-state index in [1.54, 1.807) is 19.9 Å². The Hall–Kier alpha value is -1.65. The van der Waals surface area contributed by atoms with Crippen molar-refractivity contribution in [1.29, 1.82) is 0 Å². The number of hydrogen-bond donors (Lipinski definition) is 1. The van der Waals surface area contributed by atoms with Crippen molar-refractivity contribution in [3.63, 3.8) is 0 Å². The van der Waals surface area contributed by atoms with E-state index in [1.165, 1.54) is 19.1 Å². The zero-order valence-corrected chi connectivity index (χ0v) is 12.0. The number of alkyl halides is 2. The average Bonchev–Trinajstić information content (AvgIpc) is 2.29. The van der Waals surface area contributed by atoms with Gasteiger partial charge in [-0.15, -0.1) is 0 Å². The van der Waals surface area contributed by atoms with Crippen molar-refractivity contribution in [2.75, 3.05) is 6.61 Å². The number of rotatable bonds is 7. The fourth-order valence-electron chi connectivity index (χ4n) is 2.13. The van der Waals surface area contributed by atoms with Gasteiger partial charge >= 0.3 is 5.97 Å². The Morgan fingerprint density at radius 2 is 2.10 bits per heavy atom. The lowest BCUT2D eigenvalue weighted by atomic mass is 9.93. The number of ether oxygens (including phenoxy) is 1. The van der Waals surface area contributed by atoms with Crippen LogP contribution in [0.5, 0.6) is 5.75 Å². The molecule has 1 aromatic rings. The molecule has 0 radical (unpaired) electrons. The molecule has 0 bridgehead atoms. The predicted octanol–water partition coefficient (Wildman–Crippen LogP) is 3.99. The lowest BCUT2D eigenvalue weighted by Crippen LogP contribution is -2.20. The van der Waals surface area contributed by atoms with Gasteiger partial charge in [-0.25, -0.2) is 8.78 Å². The zero-order chi connectivity index (χ0) is 15.3. The van der Waals surface area contributed by atoms with Crippen molar-refractivity contribution in [3.05, 3.63) is 29.3 Å². The van der Waals surface area contributed by atoms with E-state index in [0.717, 1.165) is 0 Å². The molecule has 1 unspecified atom stereocenters. The zero-order valence-electron chi connectivity index (χ0n) is 12.0. The SMILES string of the molecule is CCOc1ccc(C)cc1C(F)(F)CC(C)CC(=O)O. The summed E-state index contributed by atoms with van der Waals surface area (Å²) < 4.78 is 33.9. The molecule has 5 heteroatoms. The number of carbonyl (C=O) groups is 1. The van der Waals surface area contributed by atoms with Crippen molar-refractivity contribution in [2.24, 2.45) is 5.92 Å². The lowest BCUT2D eigenvalue weighted by molar-refractivity contribution is -0.138. The first kappa shape index (κ1) is 16.4. The molecule has 0 saturated carbocycles. The molecule has 1 N–H and O–H groups in total. The van der Waals surface area contributed by atoms with Gasteiger partial charge in [-0.2, -0.15) is 0 Å². The lowest BCUT2D eigenvalue weighted by Gasteiger charge is -2.23. The first-order valence-electron chi connectivity index (χ1n) is 6.59. The molecule has 112 valence electrons. The standard InChI is InChI=1S/C15H20F2O3/c1-4-20-13-6-5-10(2)7-12(13)15(16,17)9-11(3)8-14(18)19/h5-7,11H,4,8-9H2,1-3H3,(H,18,19). The Morgan fingerprint density at radius 3 is 2.65 bits per heavy atom. The summed E-state index contributed by atoms with van der Waals surface area (Å²) in [6.07, 6.45) is -0.784. The maximum absolute atomic E-state index is 14.3. The molecule has 0 amide bonds. The van der Waals surface area contributed by atoms with Crippen LogP contribution >= 0.6 is 0 Å². The van der Waals surface area contributed by atoms with Crippen molar-refractivity contribution >= 4 is 5.97 Å². The van der Waals surface area contributed by atoms with Crippen LogP contribution in [0.15, 0.2) is 18.2 Å². The van der Waals surface area contributed by atoms with Gasteiger partial charge in [0.25, 0.3) is 5.92 Å². The molecule has 0 saturated heterocycles. The minimum Gasteiger partial charge on any atom is -0.493 e. The summed E-state index contributed by atoms with van der Waals surface area (Å²) in [7, 11) is 0. The van der Waals surface area contributed by atoms with Crippen LogP contribution in [0.2, 0.25) is 0 Å². The van der Waals surface area contributed by atoms with Crippen molar-refractivity contribution < 1.29 is 23.4 Å². The third kappa shape index (κ3) is 4.47. The summed E-state index contributed by atoms with van der Waals surface area (Å²) in [5.41, 5.74) is 0.547. The number of hydrogen-bond acceptors (Lipinski definition) is 2. The maximum Gasteiger partial charge on any atom is 0.303 e. The van der Waals surface area contributed by atoms with Crippen LogP contribution in [-0.4, -0.2) is 17.7 Å². The summed E-state index contributed by atoms with van der Waals surface area (Å²) in [4.78, 5) is 10.6. The van der Waals surface area contributed by atoms with Gasteiger partial charge in [0.2, 0.25) is 0 Å². The van der Waals surface area contributed by atoms with E-state index in [0.29, 0.717) is 12.2 Å². The second-order valence-electron chi connectivity index (χ2n) is 5.04. The summed E-state index contributed by atoms with van der Waals surface area (Å²) in [5.74, 6) is -4.63. The number of carboxylic acid groups (broad SMARTS) is 1. The highest BCUT2D eigenvalue weighted by Gasteiger charge is 2.36. The largest absolute Gasteiger partial charge is 0.493 e. The van der Waals surface area contributed by atoms with Crippen LogP contribution in [0.1, 0.15) is 37.8 Å². The van der Waals surface area contributed by atoms with Crippen LogP contribution in [0, 0.1) is 12.8 Å². The van der Waals surface area contributed by atoms with Crippen LogP contribution < -0.4 is 4.74 Å². The first-order chi connectivity index (χ1) is 9.26. The minimum absolute atomic E-state index is 0.158. The number of carboxylic acids is 1. The molecule has 0 spiro atoms. The van der Waals surface area contributed by atoms with Gasteiger partial charge < -0.3 is 9.84 Å². The number of aryl methyl sites for hydroxylation is 1. The van der Waals surface area contributed by atoms with Gasteiger partial charge in [-0.3, -0.25) is 4.79 Å². The Kier molecular flexibility index (Phi) is 5.48. The van der Waals surface area contributed by atoms with Gasteiger partial charge in [0.05, 0.1) is 12.2 Å². The molecule has 0 aromatic heterocycles. The molecular formula is C15H20F2O3. The summed E-state index contributed by atoms with van der Waals surface area (Å²) >= 11 is 0. The molecule has 0 aliphatic heterocycles. The fourth-order valence-corrected chi connectivity index (χ4v) is 2.13. The highest BCUT2D eigenvalue weighted by molar-refractivity contribution is 5.66. The van der Waals surface area contributed by atoms with Crippen LogP contribution in [0.4, 0.5) is 8.78 Å². The number of halogens is 2. The third-order valence-electron chi connectivity index (χ3n) is 2.96.